The number of carbonyl (C=O) groups excluding carboxylic acids is 2. The van der Waals surface area contributed by atoms with Crippen LogP contribution in [0.3, 0.4) is 0 Å². The number of hydrogen-bond donors (Lipinski definition) is 0. The summed E-state index contributed by atoms with van der Waals surface area (Å²) in [5.41, 5.74) is 0. The molecular weight excluding hydrogens is 204 g/mol. The van der Waals surface area contributed by atoms with Crippen LogP contribution in [0.5, 0.6) is 0 Å². The normalized spacial score (nSPS) is 19.0. The Morgan fingerprint density at radius 3 is 3.00 bits per heavy atom. The number of likely N-dealkylation sites (tertiary alicyclic amines) is 1. The van der Waals surface area contributed by atoms with Gasteiger partial charge in [-0.2, -0.15) is 0 Å². The Labute approximate surface area is 95.9 Å². The van der Waals surface area contributed by atoms with Gasteiger partial charge in [0.1, 0.15) is 6.04 Å². The molecule has 0 aromatic carbocycles. The first-order valence-electron chi connectivity index (χ1n) is 5.21. The van der Waals surface area contributed by atoms with E-state index >= 15 is 0 Å². The van der Waals surface area contributed by atoms with Crippen LogP contribution in [0.4, 0.5) is 0 Å². The van der Waals surface area contributed by atoms with E-state index in [9.17, 15) is 9.59 Å². The molecule has 1 fully saturated rings. The molecular formula is C12H16N2O2. The molecule has 0 aromatic heterocycles. The molecule has 0 aromatic rings. The van der Waals surface area contributed by atoms with Gasteiger partial charge < -0.3 is 9.80 Å². The van der Waals surface area contributed by atoms with E-state index in [2.05, 4.69) is 18.4 Å². The molecule has 0 N–H and O–H groups in total. The minimum atomic E-state index is -0.367. The molecule has 1 unspecified atom stereocenters. The van der Waals surface area contributed by atoms with E-state index in [1.165, 1.54) is 4.90 Å². The van der Waals surface area contributed by atoms with E-state index in [0.717, 1.165) is 0 Å². The van der Waals surface area contributed by atoms with Crippen LogP contribution < -0.4 is 0 Å². The highest BCUT2D eigenvalue weighted by Gasteiger charge is 2.35. The highest BCUT2D eigenvalue weighted by Crippen LogP contribution is 2.15. The van der Waals surface area contributed by atoms with Crippen LogP contribution in [0.25, 0.3) is 0 Å². The fraction of sp³-hybridized carbons (Fsp3) is 0.500. The number of hydrogen-bond acceptors (Lipinski definition) is 2. The lowest BCUT2D eigenvalue weighted by molar-refractivity contribution is -0.137. The number of likely N-dealkylation sites (N-methyl/N-ethyl adjacent to an activating group) is 1. The zero-order valence-corrected chi connectivity index (χ0v) is 9.69. The van der Waals surface area contributed by atoms with Crippen molar-refractivity contribution < 1.29 is 9.59 Å². The molecule has 0 radical (unpaired) electrons. The largest absolute Gasteiger partial charge is 0.337 e. The van der Waals surface area contributed by atoms with E-state index in [4.69, 9.17) is 0 Å². The minimum Gasteiger partial charge on any atom is -0.337 e. The molecule has 1 aliphatic rings. The first kappa shape index (κ1) is 12.3. The van der Waals surface area contributed by atoms with Crippen LogP contribution >= 0.6 is 0 Å². The van der Waals surface area contributed by atoms with Gasteiger partial charge in [0.2, 0.25) is 5.91 Å². The van der Waals surface area contributed by atoms with Gasteiger partial charge in [-0.1, -0.05) is 12.0 Å². The fourth-order valence-corrected chi connectivity index (χ4v) is 1.76. The number of carbonyl (C=O) groups is 2. The average Bonchev–Trinajstić information content (AvgIpc) is 2.61. The van der Waals surface area contributed by atoms with Crippen LogP contribution in [0.2, 0.25) is 0 Å². The molecule has 4 nitrogen and oxygen atoms in total. The van der Waals surface area contributed by atoms with E-state index in [0.29, 0.717) is 19.5 Å². The van der Waals surface area contributed by atoms with Crippen molar-refractivity contribution in [3.63, 3.8) is 0 Å². The van der Waals surface area contributed by atoms with Crippen LogP contribution in [-0.4, -0.2) is 47.8 Å². The third-order valence-electron chi connectivity index (χ3n) is 2.64. The van der Waals surface area contributed by atoms with Crippen molar-refractivity contribution in [2.45, 2.75) is 19.4 Å². The van der Waals surface area contributed by atoms with Crippen molar-refractivity contribution in [1.29, 1.82) is 0 Å². The van der Waals surface area contributed by atoms with Crippen molar-refractivity contribution >= 4 is 11.8 Å². The zero-order chi connectivity index (χ0) is 12.1. The number of rotatable bonds is 3. The van der Waals surface area contributed by atoms with Gasteiger partial charge in [-0.05, 0) is 19.3 Å². The number of nitrogens with zero attached hydrogens (tertiary/aromatic N) is 2. The molecule has 16 heavy (non-hydrogen) atoms. The third-order valence-corrected chi connectivity index (χ3v) is 2.64. The second kappa shape index (κ2) is 5.36. The van der Waals surface area contributed by atoms with Crippen molar-refractivity contribution in [1.82, 2.24) is 9.80 Å². The summed E-state index contributed by atoms with van der Waals surface area (Å²) in [7, 11) is 1.62. The maximum absolute atomic E-state index is 11.9. The Kier molecular flexibility index (Phi) is 4.12. The predicted molar refractivity (Wildman–Crippen MR) is 61.4 cm³/mol. The summed E-state index contributed by atoms with van der Waals surface area (Å²) in [6.07, 6.45) is 2.36. The van der Waals surface area contributed by atoms with Gasteiger partial charge >= 0.3 is 0 Å². The van der Waals surface area contributed by atoms with E-state index < -0.39 is 0 Å². The standard InChI is InChI=1S/C12H16N2O2/c1-4-6-11(15)13(3)10-7-9-14(8-5-2)12(10)16/h5,10H,2,7-9H2,1,3H3. The molecule has 0 spiro atoms. The van der Waals surface area contributed by atoms with Gasteiger partial charge in [0, 0.05) is 20.1 Å². The monoisotopic (exact) mass is 220 g/mol. The van der Waals surface area contributed by atoms with Crippen LogP contribution in [0, 0.1) is 11.8 Å². The summed E-state index contributed by atoms with van der Waals surface area (Å²) in [6, 6.07) is -0.367. The van der Waals surface area contributed by atoms with Crippen LogP contribution in [0.15, 0.2) is 12.7 Å². The molecule has 1 aliphatic heterocycles. The second-order valence-corrected chi connectivity index (χ2v) is 3.67. The molecule has 0 saturated carbocycles. The predicted octanol–water partition coefficient (Wildman–Crippen LogP) is 0.255. The molecule has 86 valence electrons. The Morgan fingerprint density at radius 1 is 1.75 bits per heavy atom. The molecule has 0 aliphatic carbocycles. The average molecular weight is 220 g/mol. The van der Waals surface area contributed by atoms with Crippen LogP contribution in [0.1, 0.15) is 13.3 Å². The first-order chi connectivity index (χ1) is 7.61. The van der Waals surface area contributed by atoms with Gasteiger partial charge in [0.05, 0.1) is 0 Å². The van der Waals surface area contributed by atoms with Crippen molar-refractivity contribution in [2.24, 2.45) is 0 Å². The Morgan fingerprint density at radius 2 is 2.44 bits per heavy atom. The number of amides is 2. The highest BCUT2D eigenvalue weighted by molar-refractivity contribution is 5.97. The van der Waals surface area contributed by atoms with Crippen molar-refractivity contribution in [2.75, 3.05) is 20.1 Å². The first-order valence-corrected chi connectivity index (χ1v) is 5.21. The molecule has 1 saturated heterocycles. The summed E-state index contributed by atoms with van der Waals surface area (Å²) < 4.78 is 0. The summed E-state index contributed by atoms with van der Waals surface area (Å²) in [6.45, 7) is 6.41. The summed E-state index contributed by atoms with van der Waals surface area (Å²) in [5.74, 6) is 4.65. The molecule has 1 heterocycles. The van der Waals surface area contributed by atoms with Gasteiger partial charge in [0.15, 0.2) is 0 Å². The lowest BCUT2D eigenvalue weighted by Gasteiger charge is -2.21. The smallest absolute Gasteiger partial charge is 0.298 e. The van der Waals surface area contributed by atoms with E-state index in [-0.39, 0.29) is 17.9 Å². The summed E-state index contributed by atoms with van der Waals surface area (Å²) in [5, 5.41) is 0. The van der Waals surface area contributed by atoms with Crippen molar-refractivity contribution in [3.8, 4) is 11.8 Å². The van der Waals surface area contributed by atoms with E-state index in [1.54, 1.807) is 24.9 Å². The second-order valence-electron chi connectivity index (χ2n) is 3.67. The summed E-state index contributed by atoms with van der Waals surface area (Å²) in [4.78, 5) is 26.5. The summed E-state index contributed by atoms with van der Waals surface area (Å²) >= 11 is 0. The van der Waals surface area contributed by atoms with E-state index in [1.807, 2.05) is 0 Å². The molecule has 1 atom stereocenters. The molecule has 1 rings (SSSR count). The van der Waals surface area contributed by atoms with Crippen LogP contribution in [-0.2, 0) is 9.59 Å². The Hall–Kier alpha value is -1.76. The minimum absolute atomic E-state index is 0.0198. The SMILES string of the molecule is C=CCN1CCC(N(C)C(=O)C#CC)C1=O. The molecule has 0 bridgehead atoms. The molecule has 4 heteroatoms. The quantitative estimate of drug-likeness (QED) is 0.505. The van der Waals surface area contributed by atoms with Gasteiger partial charge in [-0.25, -0.2) is 0 Å². The molecule has 2 amide bonds. The zero-order valence-electron chi connectivity index (χ0n) is 9.69. The van der Waals surface area contributed by atoms with Gasteiger partial charge in [-0.15, -0.1) is 6.58 Å². The topological polar surface area (TPSA) is 40.6 Å². The lowest BCUT2D eigenvalue weighted by Crippen LogP contribution is -2.42. The lowest BCUT2D eigenvalue weighted by atomic mass is 10.2. The van der Waals surface area contributed by atoms with Gasteiger partial charge in [-0.3, -0.25) is 9.59 Å². The van der Waals surface area contributed by atoms with Crippen molar-refractivity contribution in [3.05, 3.63) is 12.7 Å². The maximum atomic E-state index is 11.9. The Bertz CT molecular complexity index is 365. The highest BCUT2D eigenvalue weighted by atomic mass is 16.2. The van der Waals surface area contributed by atoms with Gasteiger partial charge in [0.25, 0.3) is 5.91 Å². The Balaban J connectivity index is 2.68. The third kappa shape index (κ3) is 2.43. The fourth-order valence-electron chi connectivity index (χ4n) is 1.76. The maximum Gasteiger partial charge on any atom is 0.298 e.